The molecule has 2 aromatic heterocycles. The highest BCUT2D eigenvalue weighted by molar-refractivity contribution is 6.31. The van der Waals surface area contributed by atoms with Crippen molar-refractivity contribution in [3.8, 4) is 11.4 Å². The van der Waals surface area contributed by atoms with Gasteiger partial charge in [0.05, 0.1) is 5.56 Å². The standard InChI is InChI=1S/C23H21ClN4O3/c1-13-6-9-19-15(10-13)11-17(23(30)26-19)22-27-21(31-28-22)5-3-4-20(29)25-16-8-7-14(2)18(24)12-16/h6-12H,3-5H2,1-2H3,(H,25,29)(H,26,30). The molecule has 31 heavy (non-hydrogen) atoms. The summed E-state index contributed by atoms with van der Waals surface area (Å²) in [5.41, 5.74) is 3.52. The number of aromatic amines is 1. The molecule has 0 saturated carbocycles. The van der Waals surface area contributed by atoms with E-state index in [0.29, 0.717) is 41.4 Å². The van der Waals surface area contributed by atoms with Gasteiger partial charge in [0.1, 0.15) is 0 Å². The van der Waals surface area contributed by atoms with E-state index in [2.05, 4.69) is 20.4 Å². The van der Waals surface area contributed by atoms with E-state index < -0.39 is 0 Å². The maximum absolute atomic E-state index is 12.4. The Morgan fingerprint density at radius 1 is 1.16 bits per heavy atom. The number of nitrogens with one attached hydrogen (secondary N) is 2. The lowest BCUT2D eigenvalue weighted by Gasteiger charge is -2.06. The number of halogens is 1. The zero-order chi connectivity index (χ0) is 22.0. The Morgan fingerprint density at radius 3 is 2.81 bits per heavy atom. The van der Waals surface area contributed by atoms with Crippen LogP contribution in [0.5, 0.6) is 0 Å². The van der Waals surface area contributed by atoms with Crippen molar-refractivity contribution in [3.05, 3.63) is 74.9 Å². The van der Waals surface area contributed by atoms with Crippen molar-refractivity contribution in [2.45, 2.75) is 33.1 Å². The lowest BCUT2D eigenvalue weighted by molar-refractivity contribution is -0.116. The van der Waals surface area contributed by atoms with Gasteiger partial charge in [-0.15, -0.1) is 0 Å². The molecule has 2 N–H and O–H groups in total. The third kappa shape index (κ3) is 4.83. The number of aromatic nitrogens is 3. The van der Waals surface area contributed by atoms with E-state index in [-0.39, 0.29) is 17.3 Å². The van der Waals surface area contributed by atoms with E-state index in [9.17, 15) is 9.59 Å². The Hall–Kier alpha value is -3.45. The van der Waals surface area contributed by atoms with E-state index in [4.69, 9.17) is 16.1 Å². The SMILES string of the molecule is Cc1ccc2[nH]c(=O)c(-c3noc(CCCC(=O)Nc4ccc(C)c(Cl)c4)n3)cc2c1. The Kier molecular flexibility index (Phi) is 5.86. The van der Waals surface area contributed by atoms with E-state index in [1.807, 2.05) is 44.2 Å². The average Bonchev–Trinajstić information content (AvgIpc) is 3.19. The van der Waals surface area contributed by atoms with Gasteiger partial charge in [0.2, 0.25) is 17.6 Å². The van der Waals surface area contributed by atoms with Crippen LogP contribution in [0, 0.1) is 13.8 Å². The fraction of sp³-hybridized carbons (Fsp3) is 0.217. The number of fused-ring (bicyclic) bond motifs is 1. The number of carbonyl (C=O) groups is 1. The number of aryl methyl sites for hydroxylation is 3. The molecule has 0 saturated heterocycles. The molecule has 158 valence electrons. The lowest BCUT2D eigenvalue weighted by atomic mass is 10.1. The van der Waals surface area contributed by atoms with Crippen LogP contribution in [-0.4, -0.2) is 21.0 Å². The molecule has 0 aliphatic rings. The van der Waals surface area contributed by atoms with Crippen molar-refractivity contribution < 1.29 is 9.32 Å². The van der Waals surface area contributed by atoms with Crippen LogP contribution in [0.4, 0.5) is 5.69 Å². The molecule has 0 spiro atoms. The van der Waals surface area contributed by atoms with Crippen LogP contribution >= 0.6 is 11.6 Å². The van der Waals surface area contributed by atoms with Gasteiger partial charge >= 0.3 is 0 Å². The third-order valence-corrected chi connectivity index (χ3v) is 5.37. The highest BCUT2D eigenvalue weighted by atomic mass is 35.5. The highest BCUT2D eigenvalue weighted by Gasteiger charge is 2.14. The summed E-state index contributed by atoms with van der Waals surface area (Å²) < 4.78 is 5.28. The van der Waals surface area contributed by atoms with Crippen molar-refractivity contribution in [3.63, 3.8) is 0 Å². The number of rotatable bonds is 6. The Balaban J connectivity index is 1.38. The van der Waals surface area contributed by atoms with Gasteiger partial charge in [-0.25, -0.2) is 0 Å². The minimum absolute atomic E-state index is 0.124. The minimum atomic E-state index is -0.278. The van der Waals surface area contributed by atoms with Crippen LogP contribution < -0.4 is 10.9 Å². The van der Waals surface area contributed by atoms with E-state index >= 15 is 0 Å². The number of hydrogen-bond donors (Lipinski definition) is 2. The Bertz CT molecular complexity index is 1330. The van der Waals surface area contributed by atoms with Gasteiger partial charge in [-0.3, -0.25) is 9.59 Å². The second-order valence-corrected chi connectivity index (χ2v) is 7.89. The Labute approximate surface area is 183 Å². The van der Waals surface area contributed by atoms with Gasteiger partial charge in [0.15, 0.2) is 0 Å². The van der Waals surface area contributed by atoms with Gasteiger partial charge in [0.25, 0.3) is 5.56 Å². The predicted molar refractivity (Wildman–Crippen MR) is 120 cm³/mol. The fourth-order valence-corrected chi connectivity index (χ4v) is 3.43. The smallest absolute Gasteiger partial charge is 0.259 e. The summed E-state index contributed by atoms with van der Waals surface area (Å²) >= 11 is 6.08. The van der Waals surface area contributed by atoms with Crippen LogP contribution in [0.15, 0.2) is 51.8 Å². The summed E-state index contributed by atoms with van der Waals surface area (Å²) in [6.45, 7) is 3.89. The average molecular weight is 437 g/mol. The van der Waals surface area contributed by atoms with Crippen LogP contribution in [0.25, 0.3) is 22.3 Å². The minimum Gasteiger partial charge on any atom is -0.339 e. The molecule has 7 nitrogen and oxygen atoms in total. The second-order valence-electron chi connectivity index (χ2n) is 7.48. The molecule has 1 amide bonds. The molecule has 0 unspecified atom stereocenters. The molecule has 4 aromatic rings. The molecule has 0 aliphatic heterocycles. The lowest BCUT2D eigenvalue weighted by Crippen LogP contribution is -2.11. The molecule has 2 aromatic carbocycles. The van der Waals surface area contributed by atoms with Gasteiger partial charge < -0.3 is 14.8 Å². The molecule has 0 aliphatic carbocycles. The maximum Gasteiger partial charge on any atom is 0.259 e. The maximum atomic E-state index is 12.4. The largest absolute Gasteiger partial charge is 0.339 e. The van der Waals surface area contributed by atoms with Gasteiger partial charge in [-0.1, -0.05) is 34.5 Å². The van der Waals surface area contributed by atoms with E-state index in [0.717, 1.165) is 22.0 Å². The first-order valence-corrected chi connectivity index (χ1v) is 10.3. The van der Waals surface area contributed by atoms with Crippen molar-refractivity contribution >= 4 is 34.1 Å². The summed E-state index contributed by atoms with van der Waals surface area (Å²) in [5, 5.41) is 8.26. The molecular weight excluding hydrogens is 416 g/mol. The number of amides is 1. The van der Waals surface area contributed by atoms with Crippen molar-refractivity contribution in [1.82, 2.24) is 15.1 Å². The number of nitrogens with zero attached hydrogens (tertiary/aromatic N) is 2. The quantitative estimate of drug-likeness (QED) is 0.451. The topological polar surface area (TPSA) is 101 Å². The van der Waals surface area contributed by atoms with Gasteiger partial charge in [0, 0.05) is 29.1 Å². The molecular formula is C23H21ClN4O3. The van der Waals surface area contributed by atoms with Gasteiger partial charge in [-0.2, -0.15) is 4.98 Å². The van der Waals surface area contributed by atoms with Crippen LogP contribution in [0.3, 0.4) is 0 Å². The molecule has 8 heteroatoms. The number of anilines is 1. The second kappa shape index (κ2) is 8.73. The molecule has 0 atom stereocenters. The summed E-state index contributed by atoms with van der Waals surface area (Å²) in [5.74, 6) is 0.490. The van der Waals surface area contributed by atoms with Crippen LogP contribution in [-0.2, 0) is 11.2 Å². The predicted octanol–water partition coefficient (Wildman–Crippen LogP) is 4.81. The summed E-state index contributed by atoms with van der Waals surface area (Å²) in [4.78, 5) is 31.7. The van der Waals surface area contributed by atoms with Gasteiger partial charge in [-0.05, 0) is 61.5 Å². The Morgan fingerprint density at radius 2 is 2.00 bits per heavy atom. The number of benzene rings is 2. The van der Waals surface area contributed by atoms with Crippen molar-refractivity contribution in [2.24, 2.45) is 0 Å². The first-order chi connectivity index (χ1) is 14.9. The summed E-state index contributed by atoms with van der Waals surface area (Å²) in [7, 11) is 0. The summed E-state index contributed by atoms with van der Waals surface area (Å²) in [6, 6.07) is 12.9. The monoisotopic (exact) mass is 436 g/mol. The molecule has 2 heterocycles. The molecule has 0 bridgehead atoms. The van der Waals surface area contributed by atoms with E-state index in [1.54, 1.807) is 12.1 Å². The third-order valence-electron chi connectivity index (χ3n) is 4.96. The molecule has 4 rings (SSSR count). The number of hydrogen-bond acceptors (Lipinski definition) is 5. The number of H-pyrrole nitrogens is 1. The number of carbonyl (C=O) groups excluding carboxylic acids is 1. The molecule has 0 radical (unpaired) electrons. The normalized spacial score (nSPS) is 11.1. The van der Waals surface area contributed by atoms with E-state index in [1.165, 1.54) is 0 Å². The summed E-state index contributed by atoms with van der Waals surface area (Å²) in [6.07, 6.45) is 1.25. The first-order valence-electron chi connectivity index (χ1n) is 9.92. The van der Waals surface area contributed by atoms with Crippen molar-refractivity contribution in [2.75, 3.05) is 5.32 Å². The highest BCUT2D eigenvalue weighted by Crippen LogP contribution is 2.21. The first kappa shape index (κ1) is 20.8. The fourth-order valence-electron chi connectivity index (χ4n) is 3.25. The number of pyridine rings is 1. The zero-order valence-electron chi connectivity index (χ0n) is 17.2. The van der Waals surface area contributed by atoms with Crippen molar-refractivity contribution in [1.29, 1.82) is 0 Å². The van der Waals surface area contributed by atoms with Crippen LogP contribution in [0.2, 0.25) is 5.02 Å². The van der Waals surface area contributed by atoms with Crippen LogP contribution in [0.1, 0.15) is 29.9 Å². The molecule has 0 fully saturated rings. The zero-order valence-corrected chi connectivity index (χ0v) is 17.9.